The lowest BCUT2D eigenvalue weighted by atomic mass is 10.2. The number of amides is 1. The summed E-state index contributed by atoms with van der Waals surface area (Å²) in [4.78, 5) is 11.9. The second-order valence-electron chi connectivity index (χ2n) is 4.86. The number of nitrogen functional groups attached to an aromatic ring is 1. The van der Waals surface area contributed by atoms with Crippen LogP contribution in [0.5, 0.6) is 5.75 Å². The first-order valence-corrected chi connectivity index (χ1v) is 7.30. The number of anilines is 2. The molecule has 0 aliphatic carbocycles. The third kappa shape index (κ3) is 4.23. The van der Waals surface area contributed by atoms with Gasteiger partial charge in [0.05, 0.1) is 15.8 Å². The molecule has 0 bridgehead atoms. The fourth-order valence-corrected chi connectivity index (χ4v) is 2.46. The molecule has 1 amide bonds. The van der Waals surface area contributed by atoms with Gasteiger partial charge in [0.15, 0.2) is 6.61 Å². The molecular weight excluding hydrogens is 332 g/mol. The average molecular weight is 349 g/mol. The van der Waals surface area contributed by atoms with Crippen molar-refractivity contribution in [1.29, 1.82) is 0 Å². The summed E-state index contributed by atoms with van der Waals surface area (Å²) in [5.74, 6) is 0.380. The minimum Gasteiger partial charge on any atom is -0.483 e. The van der Waals surface area contributed by atoms with Gasteiger partial charge in [-0.1, -0.05) is 12.1 Å². The summed E-state index contributed by atoms with van der Waals surface area (Å²) in [5, 5.41) is 2.73. The summed E-state index contributed by atoms with van der Waals surface area (Å²) in [7, 11) is 0. The van der Waals surface area contributed by atoms with Crippen molar-refractivity contribution in [2.75, 3.05) is 17.7 Å². The minimum atomic E-state index is -0.252. The van der Waals surface area contributed by atoms with Gasteiger partial charge in [0, 0.05) is 0 Å². The number of ether oxygens (including phenoxy) is 1. The quantitative estimate of drug-likeness (QED) is 0.828. The fraction of sp³-hybridized carbons (Fsp3) is 0.188. The predicted molar refractivity (Wildman–Crippen MR) is 88.6 cm³/mol. The zero-order valence-corrected chi connectivity index (χ0v) is 13.5. The van der Waals surface area contributed by atoms with E-state index in [0.717, 1.165) is 15.6 Å². The number of halogens is 1. The monoisotopic (exact) mass is 348 g/mol. The van der Waals surface area contributed by atoms with E-state index in [4.69, 9.17) is 10.5 Å². The number of rotatable bonds is 4. The van der Waals surface area contributed by atoms with Crippen LogP contribution < -0.4 is 15.8 Å². The second-order valence-corrected chi connectivity index (χ2v) is 5.72. The highest BCUT2D eigenvalue weighted by Gasteiger charge is 2.08. The van der Waals surface area contributed by atoms with E-state index in [-0.39, 0.29) is 12.5 Å². The van der Waals surface area contributed by atoms with E-state index >= 15 is 0 Å². The molecule has 110 valence electrons. The molecule has 0 fully saturated rings. The zero-order chi connectivity index (χ0) is 15.4. The smallest absolute Gasteiger partial charge is 0.262 e. The van der Waals surface area contributed by atoms with E-state index in [1.54, 1.807) is 6.07 Å². The fourth-order valence-electron chi connectivity index (χ4n) is 1.85. The number of aryl methyl sites for hydroxylation is 2. The number of carbonyl (C=O) groups is 1. The maximum absolute atomic E-state index is 11.9. The lowest BCUT2D eigenvalue weighted by Crippen LogP contribution is -2.21. The van der Waals surface area contributed by atoms with E-state index in [2.05, 4.69) is 21.2 Å². The first kappa shape index (κ1) is 15.4. The van der Waals surface area contributed by atoms with Gasteiger partial charge in [-0.25, -0.2) is 0 Å². The van der Waals surface area contributed by atoms with Crippen molar-refractivity contribution in [2.24, 2.45) is 0 Å². The van der Waals surface area contributed by atoms with Crippen molar-refractivity contribution in [3.05, 3.63) is 52.0 Å². The van der Waals surface area contributed by atoms with E-state index in [0.29, 0.717) is 17.1 Å². The van der Waals surface area contributed by atoms with Crippen molar-refractivity contribution in [1.82, 2.24) is 0 Å². The predicted octanol–water partition coefficient (Wildman–Crippen LogP) is 3.67. The number of nitrogens with one attached hydrogen (secondary N) is 1. The largest absolute Gasteiger partial charge is 0.483 e. The van der Waals surface area contributed by atoms with Gasteiger partial charge >= 0.3 is 0 Å². The van der Waals surface area contributed by atoms with E-state index in [1.807, 2.05) is 44.2 Å². The number of hydrogen-bond donors (Lipinski definition) is 2. The molecule has 2 aromatic rings. The summed E-state index contributed by atoms with van der Waals surface area (Å²) in [6.07, 6.45) is 0. The molecule has 21 heavy (non-hydrogen) atoms. The minimum absolute atomic E-state index is 0.0744. The molecule has 0 heterocycles. The summed E-state index contributed by atoms with van der Waals surface area (Å²) in [6, 6.07) is 11.2. The molecule has 0 radical (unpaired) electrons. The Labute approximate surface area is 132 Å². The Morgan fingerprint density at radius 2 is 1.86 bits per heavy atom. The molecular formula is C16H17BrN2O2. The van der Waals surface area contributed by atoms with E-state index in [1.165, 1.54) is 0 Å². The Morgan fingerprint density at radius 1 is 1.19 bits per heavy atom. The maximum Gasteiger partial charge on any atom is 0.262 e. The molecule has 0 atom stereocenters. The summed E-state index contributed by atoms with van der Waals surface area (Å²) in [5.41, 5.74) is 9.15. The lowest BCUT2D eigenvalue weighted by Gasteiger charge is -2.11. The first-order valence-electron chi connectivity index (χ1n) is 6.50. The van der Waals surface area contributed by atoms with Crippen LogP contribution in [0, 0.1) is 13.8 Å². The van der Waals surface area contributed by atoms with Gasteiger partial charge < -0.3 is 15.8 Å². The Balaban J connectivity index is 1.96. The lowest BCUT2D eigenvalue weighted by molar-refractivity contribution is -0.118. The van der Waals surface area contributed by atoms with Crippen molar-refractivity contribution < 1.29 is 9.53 Å². The third-order valence-corrected chi connectivity index (χ3v) is 3.55. The van der Waals surface area contributed by atoms with E-state index < -0.39 is 0 Å². The molecule has 0 spiro atoms. The number of nitrogens with two attached hydrogens (primary N) is 1. The molecule has 3 N–H and O–H groups in total. The molecule has 0 saturated heterocycles. The van der Waals surface area contributed by atoms with Crippen LogP contribution in [0.25, 0.3) is 0 Å². The molecule has 0 aromatic heterocycles. The second kappa shape index (κ2) is 6.63. The van der Waals surface area contributed by atoms with Crippen molar-refractivity contribution in [2.45, 2.75) is 13.8 Å². The SMILES string of the molecule is Cc1ccc(NC(=O)COc2ccc(C)cc2Br)c(N)c1. The van der Waals surface area contributed by atoms with Crippen LogP contribution in [0.15, 0.2) is 40.9 Å². The number of benzene rings is 2. The van der Waals surface area contributed by atoms with E-state index in [9.17, 15) is 4.79 Å². The van der Waals surface area contributed by atoms with Crippen LogP contribution in [0.2, 0.25) is 0 Å². The summed E-state index contributed by atoms with van der Waals surface area (Å²) < 4.78 is 6.31. The van der Waals surface area contributed by atoms with Crippen molar-refractivity contribution in [3.63, 3.8) is 0 Å². The third-order valence-electron chi connectivity index (χ3n) is 2.93. The molecule has 0 aliphatic rings. The first-order chi connectivity index (χ1) is 9.95. The highest BCUT2D eigenvalue weighted by Crippen LogP contribution is 2.25. The summed E-state index contributed by atoms with van der Waals surface area (Å²) in [6.45, 7) is 3.86. The van der Waals surface area contributed by atoms with Gasteiger partial charge in [0.1, 0.15) is 5.75 Å². The molecule has 0 unspecified atom stereocenters. The van der Waals surface area contributed by atoms with Crippen LogP contribution in [-0.2, 0) is 4.79 Å². The van der Waals surface area contributed by atoms with Gasteiger partial charge in [0.25, 0.3) is 5.91 Å². The molecule has 2 aromatic carbocycles. The highest BCUT2D eigenvalue weighted by molar-refractivity contribution is 9.10. The van der Waals surface area contributed by atoms with Crippen LogP contribution in [0.4, 0.5) is 11.4 Å². The van der Waals surface area contributed by atoms with Crippen LogP contribution >= 0.6 is 15.9 Å². The highest BCUT2D eigenvalue weighted by atomic mass is 79.9. The Kier molecular flexibility index (Phi) is 4.85. The van der Waals surface area contributed by atoms with Crippen LogP contribution in [0.3, 0.4) is 0 Å². The van der Waals surface area contributed by atoms with Crippen molar-refractivity contribution in [3.8, 4) is 5.75 Å². The molecule has 0 saturated carbocycles. The standard InChI is InChI=1S/C16H17BrN2O2/c1-10-4-6-15(12(17)7-10)21-9-16(20)19-14-5-3-11(2)8-13(14)18/h3-8H,9,18H2,1-2H3,(H,19,20). The molecule has 2 rings (SSSR count). The molecule has 5 heteroatoms. The van der Waals surface area contributed by atoms with Gasteiger partial charge in [-0.05, 0) is 65.2 Å². The normalized spacial score (nSPS) is 10.2. The Bertz CT molecular complexity index is 671. The maximum atomic E-state index is 11.9. The number of carbonyl (C=O) groups excluding carboxylic acids is 1. The van der Waals surface area contributed by atoms with Crippen molar-refractivity contribution >= 4 is 33.2 Å². The summed E-state index contributed by atoms with van der Waals surface area (Å²) >= 11 is 3.41. The Morgan fingerprint density at radius 3 is 2.52 bits per heavy atom. The molecule has 4 nitrogen and oxygen atoms in total. The van der Waals surface area contributed by atoms with Gasteiger partial charge in [0.2, 0.25) is 0 Å². The number of hydrogen-bond acceptors (Lipinski definition) is 3. The average Bonchev–Trinajstić information content (AvgIpc) is 2.41. The topological polar surface area (TPSA) is 64.3 Å². The Hall–Kier alpha value is -2.01. The van der Waals surface area contributed by atoms with Crippen LogP contribution in [0.1, 0.15) is 11.1 Å². The van der Waals surface area contributed by atoms with Gasteiger partial charge in [-0.3, -0.25) is 4.79 Å². The molecule has 0 aliphatic heterocycles. The van der Waals surface area contributed by atoms with Crippen LogP contribution in [-0.4, -0.2) is 12.5 Å². The zero-order valence-electron chi connectivity index (χ0n) is 11.9. The van der Waals surface area contributed by atoms with Gasteiger partial charge in [-0.2, -0.15) is 0 Å². The van der Waals surface area contributed by atoms with Gasteiger partial charge in [-0.15, -0.1) is 0 Å².